The van der Waals surface area contributed by atoms with E-state index in [1.807, 2.05) is 38.1 Å². The van der Waals surface area contributed by atoms with E-state index in [1.165, 1.54) is 4.90 Å². The Morgan fingerprint density at radius 1 is 1.15 bits per heavy atom. The molecule has 2 N–H and O–H groups in total. The molecule has 1 aromatic heterocycles. The first kappa shape index (κ1) is 19.2. The number of aryl methyl sites for hydroxylation is 2. The van der Waals surface area contributed by atoms with Crippen molar-refractivity contribution in [2.24, 2.45) is 0 Å². The highest BCUT2D eigenvalue weighted by Crippen LogP contribution is 2.25. The van der Waals surface area contributed by atoms with Crippen LogP contribution in [0.25, 0.3) is 0 Å². The smallest absolute Gasteiger partial charge is 0.319 e. The molecular weight excluding hydrogens is 332 g/mol. The minimum atomic E-state index is -0.374. The summed E-state index contributed by atoms with van der Waals surface area (Å²) in [6.45, 7) is 4.02. The minimum absolute atomic E-state index is 0.0973. The Hall–Kier alpha value is -3.09. The van der Waals surface area contributed by atoms with Gasteiger partial charge in [-0.2, -0.15) is 0 Å². The number of benzene rings is 1. The van der Waals surface area contributed by atoms with Crippen LogP contribution in [0.4, 0.5) is 10.5 Å². The molecule has 1 heterocycles. The van der Waals surface area contributed by atoms with Gasteiger partial charge in [0.25, 0.3) is 5.91 Å². The molecular formula is C19H24N4O3. The number of urea groups is 1. The second-order valence-corrected chi connectivity index (χ2v) is 6.15. The van der Waals surface area contributed by atoms with Gasteiger partial charge >= 0.3 is 6.03 Å². The van der Waals surface area contributed by atoms with E-state index in [9.17, 15) is 9.59 Å². The fourth-order valence-electron chi connectivity index (χ4n) is 2.16. The number of carbonyl (C=O) groups excluding carboxylic acids is 2. The highest BCUT2D eigenvalue weighted by molar-refractivity contribution is 5.91. The Labute approximate surface area is 153 Å². The molecule has 0 aliphatic rings. The van der Waals surface area contributed by atoms with E-state index in [4.69, 9.17) is 4.74 Å². The highest BCUT2D eigenvalue weighted by Gasteiger charge is 2.11. The van der Waals surface area contributed by atoms with Gasteiger partial charge in [-0.1, -0.05) is 12.1 Å². The summed E-state index contributed by atoms with van der Waals surface area (Å²) >= 11 is 0. The number of rotatable bonds is 6. The Morgan fingerprint density at radius 2 is 1.92 bits per heavy atom. The van der Waals surface area contributed by atoms with Crippen LogP contribution in [0, 0.1) is 13.8 Å². The van der Waals surface area contributed by atoms with Gasteiger partial charge in [0.2, 0.25) is 0 Å². The van der Waals surface area contributed by atoms with Gasteiger partial charge in [0, 0.05) is 19.8 Å². The Balaban J connectivity index is 1.99. The Kier molecular flexibility index (Phi) is 6.54. The summed E-state index contributed by atoms with van der Waals surface area (Å²) < 4.78 is 5.57. The van der Waals surface area contributed by atoms with Crippen LogP contribution in [-0.2, 0) is 11.3 Å². The summed E-state index contributed by atoms with van der Waals surface area (Å²) in [4.78, 5) is 29.7. The van der Waals surface area contributed by atoms with Gasteiger partial charge in [-0.05, 0) is 43.7 Å². The summed E-state index contributed by atoms with van der Waals surface area (Å²) in [7, 11) is 3.32. The summed E-state index contributed by atoms with van der Waals surface area (Å²) in [5.74, 6) is 0.288. The Morgan fingerprint density at radius 3 is 2.62 bits per heavy atom. The van der Waals surface area contributed by atoms with Crippen LogP contribution in [0.3, 0.4) is 0 Å². The molecule has 0 fully saturated rings. The average molecular weight is 356 g/mol. The van der Waals surface area contributed by atoms with Crippen molar-refractivity contribution in [1.82, 2.24) is 15.2 Å². The van der Waals surface area contributed by atoms with Crippen LogP contribution in [-0.4, -0.2) is 42.5 Å². The maximum Gasteiger partial charge on any atom is 0.319 e. The summed E-state index contributed by atoms with van der Waals surface area (Å²) in [5.41, 5.74) is 3.13. The zero-order valence-electron chi connectivity index (χ0n) is 15.5. The summed E-state index contributed by atoms with van der Waals surface area (Å²) in [5, 5.41) is 5.50. The molecule has 0 unspecified atom stereocenters. The van der Waals surface area contributed by atoms with Crippen molar-refractivity contribution in [2.75, 3.05) is 26.0 Å². The minimum Gasteiger partial charge on any atom is -0.482 e. The van der Waals surface area contributed by atoms with E-state index in [0.717, 1.165) is 17.0 Å². The van der Waals surface area contributed by atoms with Crippen molar-refractivity contribution < 1.29 is 14.3 Å². The van der Waals surface area contributed by atoms with E-state index in [-0.39, 0.29) is 18.5 Å². The zero-order valence-corrected chi connectivity index (χ0v) is 15.5. The third-order valence-corrected chi connectivity index (χ3v) is 3.61. The molecule has 138 valence electrons. The maximum absolute atomic E-state index is 12.2. The quantitative estimate of drug-likeness (QED) is 0.833. The topological polar surface area (TPSA) is 83.6 Å². The van der Waals surface area contributed by atoms with Gasteiger partial charge in [0.05, 0.1) is 17.9 Å². The van der Waals surface area contributed by atoms with Crippen LogP contribution >= 0.6 is 0 Å². The number of aromatic nitrogens is 1. The van der Waals surface area contributed by atoms with Gasteiger partial charge in [-0.3, -0.25) is 9.78 Å². The van der Waals surface area contributed by atoms with Crippen LogP contribution in [0.5, 0.6) is 5.75 Å². The van der Waals surface area contributed by atoms with Gasteiger partial charge in [-0.15, -0.1) is 0 Å². The van der Waals surface area contributed by atoms with Gasteiger partial charge in [-0.25, -0.2) is 4.79 Å². The molecule has 0 aliphatic carbocycles. The van der Waals surface area contributed by atoms with E-state index in [1.54, 1.807) is 26.2 Å². The summed E-state index contributed by atoms with van der Waals surface area (Å²) in [6.07, 6.45) is 0. The number of hydrogen-bond donors (Lipinski definition) is 2. The molecule has 7 nitrogen and oxygen atoms in total. The molecule has 3 amide bonds. The molecule has 0 saturated heterocycles. The first-order valence-electron chi connectivity index (χ1n) is 8.26. The van der Waals surface area contributed by atoms with Crippen molar-refractivity contribution in [3.63, 3.8) is 0 Å². The normalized spacial score (nSPS) is 10.2. The Bertz CT molecular complexity index is 790. The van der Waals surface area contributed by atoms with E-state index in [0.29, 0.717) is 18.0 Å². The third kappa shape index (κ3) is 5.77. The average Bonchev–Trinajstić information content (AvgIpc) is 2.59. The SMILES string of the molecule is Cc1ccc(NC(=O)NCc2cccc(C)n2)c(OCC(=O)N(C)C)c1. The monoisotopic (exact) mass is 356 g/mol. The van der Waals surface area contributed by atoms with E-state index >= 15 is 0 Å². The number of anilines is 1. The first-order valence-corrected chi connectivity index (χ1v) is 8.26. The lowest BCUT2D eigenvalue weighted by molar-refractivity contribution is -0.130. The second-order valence-electron chi connectivity index (χ2n) is 6.15. The second kappa shape index (κ2) is 8.84. The molecule has 0 aliphatic heterocycles. The van der Waals surface area contributed by atoms with E-state index < -0.39 is 0 Å². The van der Waals surface area contributed by atoms with Crippen LogP contribution in [0.1, 0.15) is 17.0 Å². The van der Waals surface area contributed by atoms with Crippen molar-refractivity contribution in [3.05, 3.63) is 53.3 Å². The fourth-order valence-corrected chi connectivity index (χ4v) is 2.16. The number of pyridine rings is 1. The van der Waals surface area contributed by atoms with Crippen molar-refractivity contribution in [1.29, 1.82) is 0 Å². The lowest BCUT2D eigenvalue weighted by atomic mass is 10.2. The molecule has 0 spiro atoms. The van der Waals surface area contributed by atoms with Crippen molar-refractivity contribution in [3.8, 4) is 5.75 Å². The number of likely N-dealkylation sites (N-methyl/N-ethyl adjacent to an activating group) is 1. The molecule has 26 heavy (non-hydrogen) atoms. The lowest BCUT2D eigenvalue weighted by Crippen LogP contribution is -2.29. The van der Waals surface area contributed by atoms with Crippen LogP contribution in [0.15, 0.2) is 36.4 Å². The molecule has 0 radical (unpaired) electrons. The summed E-state index contributed by atoms with van der Waals surface area (Å²) in [6, 6.07) is 10.6. The third-order valence-electron chi connectivity index (χ3n) is 3.61. The number of amides is 3. The number of nitrogens with zero attached hydrogens (tertiary/aromatic N) is 2. The molecule has 1 aromatic carbocycles. The molecule has 2 rings (SSSR count). The van der Waals surface area contributed by atoms with Gasteiger partial charge in [0.15, 0.2) is 6.61 Å². The highest BCUT2D eigenvalue weighted by atomic mass is 16.5. The van der Waals surface area contributed by atoms with Crippen molar-refractivity contribution >= 4 is 17.6 Å². The molecule has 7 heteroatoms. The molecule has 2 aromatic rings. The van der Waals surface area contributed by atoms with Crippen molar-refractivity contribution in [2.45, 2.75) is 20.4 Å². The number of carbonyl (C=O) groups is 2. The molecule has 0 bridgehead atoms. The standard InChI is InChI=1S/C19H24N4O3/c1-13-8-9-16(17(10-13)26-12-18(24)23(3)4)22-19(25)20-11-15-7-5-6-14(2)21-15/h5-10H,11-12H2,1-4H3,(H2,20,22,25). The number of hydrogen-bond acceptors (Lipinski definition) is 4. The number of ether oxygens (including phenoxy) is 1. The maximum atomic E-state index is 12.2. The van der Waals surface area contributed by atoms with Crippen LogP contribution in [0.2, 0.25) is 0 Å². The van der Waals surface area contributed by atoms with E-state index in [2.05, 4.69) is 15.6 Å². The number of nitrogens with one attached hydrogen (secondary N) is 2. The predicted octanol–water partition coefficient (Wildman–Crippen LogP) is 2.49. The fraction of sp³-hybridized carbons (Fsp3) is 0.316. The first-order chi connectivity index (χ1) is 12.3. The molecule has 0 saturated carbocycles. The zero-order chi connectivity index (χ0) is 19.1. The van der Waals surface area contributed by atoms with Crippen LogP contribution < -0.4 is 15.4 Å². The molecule has 0 atom stereocenters. The van der Waals surface area contributed by atoms with Gasteiger partial charge < -0.3 is 20.3 Å². The van der Waals surface area contributed by atoms with Gasteiger partial charge in [0.1, 0.15) is 5.75 Å². The lowest BCUT2D eigenvalue weighted by Gasteiger charge is -2.15. The largest absolute Gasteiger partial charge is 0.482 e. The predicted molar refractivity (Wildman–Crippen MR) is 100 cm³/mol.